The number of aliphatic hydroxyl groups is 1. The van der Waals surface area contributed by atoms with Crippen molar-refractivity contribution in [2.75, 3.05) is 37.7 Å². The van der Waals surface area contributed by atoms with Crippen LogP contribution in [0.15, 0.2) is 41.3 Å². The number of anilines is 1. The second kappa shape index (κ2) is 10.4. The average Bonchev–Trinajstić information content (AvgIpc) is 3.16. The van der Waals surface area contributed by atoms with Crippen molar-refractivity contribution in [2.45, 2.75) is 19.3 Å². The highest BCUT2D eigenvalue weighted by molar-refractivity contribution is 5.77. The molecular formula is C20H23F3N6O4. The fraction of sp³-hybridized carbons (Fsp3) is 0.400. The first-order valence-corrected chi connectivity index (χ1v) is 10.1. The summed E-state index contributed by atoms with van der Waals surface area (Å²) in [7, 11) is 0. The van der Waals surface area contributed by atoms with Crippen LogP contribution in [0.4, 0.5) is 19.1 Å². The Hall–Kier alpha value is -3.45. The summed E-state index contributed by atoms with van der Waals surface area (Å²) in [5, 5.41) is 23.8. The summed E-state index contributed by atoms with van der Waals surface area (Å²) in [5.74, 6) is -1.96. The molecule has 4 rings (SSSR count). The normalized spacial score (nSPS) is 14.1. The van der Waals surface area contributed by atoms with Gasteiger partial charge in [-0.3, -0.25) is 4.79 Å². The first-order chi connectivity index (χ1) is 15.7. The molecule has 0 aliphatic carbocycles. The molecule has 1 aliphatic rings. The van der Waals surface area contributed by atoms with Gasteiger partial charge in [-0.05, 0) is 5.56 Å². The maximum atomic E-state index is 12.9. The Morgan fingerprint density at radius 2 is 1.79 bits per heavy atom. The number of fused-ring (bicyclic) bond motifs is 1. The first kappa shape index (κ1) is 24.2. The van der Waals surface area contributed by atoms with Gasteiger partial charge < -0.3 is 25.0 Å². The van der Waals surface area contributed by atoms with Crippen LogP contribution in [0.5, 0.6) is 0 Å². The van der Waals surface area contributed by atoms with Crippen LogP contribution in [0.3, 0.4) is 0 Å². The number of carboxylic acids is 1. The molecule has 33 heavy (non-hydrogen) atoms. The number of nitrogens with zero attached hydrogens (tertiary/aromatic N) is 5. The van der Waals surface area contributed by atoms with Crippen LogP contribution in [0.2, 0.25) is 0 Å². The monoisotopic (exact) mass is 468 g/mol. The molecule has 3 N–H and O–H groups in total. The highest BCUT2D eigenvalue weighted by atomic mass is 19.4. The number of aliphatic hydroxyl groups excluding tert-OH is 1. The molecule has 3 heterocycles. The number of hydrogen-bond donors (Lipinski definition) is 3. The van der Waals surface area contributed by atoms with Crippen LogP contribution in [0, 0.1) is 0 Å². The minimum atomic E-state index is -5.08. The number of hydrogen-bond acceptors (Lipinski definition) is 7. The van der Waals surface area contributed by atoms with E-state index < -0.39 is 12.1 Å². The Labute approximate surface area is 185 Å². The standard InChI is InChI=1S/C18H22N6O2.C2HF3O2/c25-11-10-24-17(26)16-15(12-20-24)21-18(22-8-6-19-7-9-22)23(16)13-14-4-2-1-3-5-14;3-2(4,5)1(6)7/h1-5,12,19,25H,6-11,13H2;(H,6,7). The Kier molecular flexibility index (Phi) is 7.66. The van der Waals surface area contributed by atoms with Gasteiger partial charge in [0.15, 0.2) is 0 Å². The van der Waals surface area contributed by atoms with E-state index in [0.717, 1.165) is 37.7 Å². The molecule has 3 aromatic rings. The Balaban J connectivity index is 0.000000383. The predicted molar refractivity (Wildman–Crippen MR) is 113 cm³/mol. The van der Waals surface area contributed by atoms with Crippen molar-refractivity contribution in [3.05, 3.63) is 52.4 Å². The first-order valence-electron chi connectivity index (χ1n) is 10.1. The molecule has 10 nitrogen and oxygen atoms in total. The molecule has 13 heteroatoms. The summed E-state index contributed by atoms with van der Waals surface area (Å²) in [5.41, 5.74) is 2.01. The van der Waals surface area contributed by atoms with Crippen LogP contribution in [0.1, 0.15) is 5.56 Å². The smallest absolute Gasteiger partial charge is 0.475 e. The number of imidazole rings is 1. The lowest BCUT2D eigenvalue weighted by Crippen LogP contribution is -2.44. The van der Waals surface area contributed by atoms with Crippen molar-refractivity contribution in [1.82, 2.24) is 24.6 Å². The zero-order valence-corrected chi connectivity index (χ0v) is 17.5. The van der Waals surface area contributed by atoms with Crippen LogP contribution < -0.4 is 15.8 Å². The molecule has 1 aromatic carbocycles. The van der Waals surface area contributed by atoms with Crippen molar-refractivity contribution < 1.29 is 28.2 Å². The fourth-order valence-electron chi connectivity index (χ4n) is 3.35. The van der Waals surface area contributed by atoms with E-state index in [1.54, 1.807) is 6.20 Å². The quantitative estimate of drug-likeness (QED) is 0.499. The number of carbonyl (C=O) groups is 1. The molecule has 0 amide bonds. The summed E-state index contributed by atoms with van der Waals surface area (Å²) in [6.45, 7) is 4.08. The Bertz CT molecular complexity index is 1140. The lowest BCUT2D eigenvalue weighted by Gasteiger charge is -2.28. The number of piperazine rings is 1. The van der Waals surface area contributed by atoms with Gasteiger partial charge in [-0.2, -0.15) is 18.3 Å². The molecule has 2 aromatic heterocycles. The molecule has 0 bridgehead atoms. The summed E-state index contributed by atoms with van der Waals surface area (Å²) in [4.78, 5) is 28.7. The third kappa shape index (κ3) is 5.87. The molecule has 0 unspecified atom stereocenters. The fourth-order valence-corrected chi connectivity index (χ4v) is 3.35. The molecule has 1 fully saturated rings. The van der Waals surface area contributed by atoms with Crippen LogP contribution in [0.25, 0.3) is 11.0 Å². The van der Waals surface area contributed by atoms with Gasteiger partial charge in [-0.1, -0.05) is 30.3 Å². The van der Waals surface area contributed by atoms with Gasteiger partial charge in [0.25, 0.3) is 5.56 Å². The highest BCUT2D eigenvalue weighted by Gasteiger charge is 2.38. The van der Waals surface area contributed by atoms with E-state index >= 15 is 0 Å². The number of benzene rings is 1. The van der Waals surface area contributed by atoms with Crippen molar-refractivity contribution in [3.63, 3.8) is 0 Å². The second-order valence-electron chi connectivity index (χ2n) is 7.15. The van der Waals surface area contributed by atoms with E-state index in [-0.39, 0.29) is 18.7 Å². The van der Waals surface area contributed by atoms with E-state index in [2.05, 4.69) is 15.3 Å². The third-order valence-electron chi connectivity index (χ3n) is 4.87. The highest BCUT2D eigenvalue weighted by Crippen LogP contribution is 2.22. The van der Waals surface area contributed by atoms with Gasteiger partial charge in [-0.25, -0.2) is 14.5 Å². The number of aromatic nitrogens is 4. The molecule has 0 saturated carbocycles. The molecule has 1 aliphatic heterocycles. The lowest BCUT2D eigenvalue weighted by molar-refractivity contribution is -0.192. The summed E-state index contributed by atoms with van der Waals surface area (Å²) in [6, 6.07) is 10.0. The number of carboxylic acid groups (broad SMARTS) is 1. The van der Waals surface area contributed by atoms with E-state index in [0.29, 0.717) is 17.6 Å². The number of aliphatic carboxylic acids is 1. The molecular weight excluding hydrogens is 445 g/mol. The lowest BCUT2D eigenvalue weighted by atomic mass is 10.2. The molecule has 1 saturated heterocycles. The number of rotatable bonds is 5. The second-order valence-corrected chi connectivity index (χ2v) is 7.15. The molecule has 0 radical (unpaired) electrons. The molecule has 0 atom stereocenters. The summed E-state index contributed by atoms with van der Waals surface area (Å²) < 4.78 is 35.0. The van der Waals surface area contributed by atoms with Gasteiger partial charge in [0.1, 0.15) is 11.0 Å². The molecule has 178 valence electrons. The largest absolute Gasteiger partial charge is 0.490 e. The third-order valence-corrected chi connectivity index (χ3v) is 4.87. The van der Waals surface area contributed by atoms with Crippen molar-refractivity contribution in [2.24, 2.45) is 0 Å². The zero-order chi connectivity index (χ0) is 24.0. The van der Waals surface area contributed by atoms with Crippen LogP contribution >= 0.6 is 0 Å². The van der Waals surface area contributed by atoms with E-state index in [1.165, 1.54) is 4.68 Å². The predicted octanol–water partition coefficient (Wildman–Crippen LogP) is 0.677. The summed E-state index contributed by atoms with van der Waals surface area (Å²) in [6.07, 6.45) is -3.47. The maximum absolute atomic E-state index is 12.9. The summed E-state index contributed by atoms with van der Waals surface area (Å²) >= 11 is 0. The van der Waals surface area contributed by atoms with Crippen molar-refractivity contribution >= 4 is 23.0 Å². The van der Waals surface area contributed by atoms with E-state index in [1.807, 2.05) is 34.9 Å². The average molecular weight is 468 g/mol. The van der Waals surface area contributed by atoms with Gasteiger partial charge in [0.2, 0.25) is 5.95 Å². The van der Waals surface area contributed by atoms with Gasteiger partial charge in [0, 0.05) is 26.2 Å². The van der Waals surface area contributed by atoms with Gasteiger partial charge in [0.05, 0.1) is 25.9 Å². The number of nitrogens with one attached hydrogen (secondary N) is 1. The minimum Gasteiger partial charge on any atom is -0.475 e. The zero-order valence-electron chi connectivity index (χ0n) is 17.5. The van der Waals surface area contributed by atoms with E-state index in [4.69, 9.17) is 14.9 Å². The van der Waals surface area contributed by atoms with Crippen molar-refractivity contribution in [1.29, 1.82) is 0 Å². The maximum Gasteiger partial charge on any atom is 0.490 e. The number of halogens is 3. The SMILES string of the molecule is O=C(O)C(F)(F)F.O=c1c2c(cnn1CCO)nc(N1CCNCC1)n2Cc1ccccc1. The number of alkyl halides is 3. The molecule has 0 spiro atoms. The topological polar surface area (TPSA) is 126 Å². The van der Waals surface area contributed by atoms with E-state index in [9.17, 15) is 23.1 Å². The van der Waals surface area contributed by atoms with Crippen molar-refractivity contribution in [3.8, 4) is 0 Å². The van der Waals surface area contributed by atoms with Gasteiger partial charge >= 0.3 is 12.1 Å². The minimum absolute atomic E-state index is 0.129. The van der Waals surface area contributed by atoms with Crippen LogP contribution in [-0.4, -0.2) is 74.5 Å². The van der Waals surface area contributed by atoms with Gasteiger partial charge in [-0.15, -0.1) is 0 Å². The Morgan fingerprint density at radius 3 is 2.36 bits per heavy atom. The Morgan fingerprint density at radius 1 is 1.15 bits per heavy atom. The van der Waals surface area contributed by atoms with Crippen LogP contribution in [-0.2, 0) is 17.9 Å².